The van der Waals surface area contributed by atoms with Crippen LogP contribution >= 0.6 is 15.9 Å². The second kappa shape index (κ2) is 6.12. The van der Waals surface area contributed by atoms with E-state index in [1.54, 1.807) is 26.0 Å². The van der Waals surface area contributed by atoms with E-state index in [2.05, 4.69) is 21.2 Å². The lowest BCUT2D eigenvalue weighted by molar-refractivity contribution is -0.385. The first-order valence-corrected chi connectivity index (χ1v) is 6.47. The van der Waals surface area contributed by atoms with Crippen molar-refractivity contribution in [2.24, 2.45) is 11.1 Å². The highest BCUT2D eigenvalue weighted by Crippen LogP contribution is 2.23. The largest absolute Gasteiger partial charge is 0.369 e. The first-order valence-electron chi connectivity index (χ1n) is 5.67. The number of halogens is 1. The smallest absolute Gasteiger partial charge is 0.275 e. The minimum atomic E-state index is -0.690. The molecular formula is C12H16BrN3O3. The zero-order valence-corrected chi connectivity index (χ0v) is 12.4. The second-order valence-electron chi connectivity index (χ2n) is 4.88. The lowest BCUT2D eigenvalue weighted by Crippen LogP contribution is -2.40. The van der Waals surface area contributed by atoms with E-state index in [9.17, 15) is 14.9 Å². The average molecular weight is 330 g/mol. The van der Waals surface area contributed by atoms with Crippen molar-refractivity contribution < 1.29 is 9.72 Å². The molecule has 19 heavy (non-hydrogen) atoms. The summed E-state index contributed by atoms with van der Waals surface area (Å²) in [6.07, 6.45) is 0. The van der Waals surface area contributed by atoms with E-state index in [-0.39, 0.29) is 5.69 Å². The summed E-state index contributed by atoms with van der Waals surface area (Å²) in [5, 5.41) is 13.9. The summed E-state index contributed by atoms with van der Waals surface area (Å²) in [5.41, 5.74) is 5.17. The van der Waals surface area contributed by atoms with Crippen LogP contribution in [-0.4, -0.2) is 17.4 Å². The second-order valence-corrected chi connectivity index (χ2v) is 5.80. The molecule has 1 aromatic rings. The number of benzene rings is 1. The van der Waals surface area contributed by atoms with Gasteiger partial charge in [0.05, 0.1) is 10.3 Å². The van der Waals surface area contributed by atoms with Gasteiger partial charge in [-0.2, -0.15) is 0 Å². The van der Waals surface area contributed by atoms with Crippen LogP contribution in [0, 0.1) is 15.5 Å². The predicted octanol–water partition coefficient (Wildman–Crippen LogP) is 1.96. The Balaban J connectivity index is 2.74. The van der Waals surface area contributed by atoms with E-state index in [0.717, 1.165) is 0 Å². The van der Waals surface area contributed by atoms with E-state index in [4.69, 9.17) is 5.73 Å². The van der Waals surface area contributed by atoms with Gasteiger partial charge in [-0.1, -0.05) is 15.9 Å². The van der Waals surface area contributed by atoms with Gasteiger partial charge in [-0.25, -0.2) is 0 Å². The fourth-order valence-corrected chi connectivity index (χ4v) is 1.80. The summed E-state index contributed by atoms with van der Waals surface area (Å²) in [6, 6.07) is 4.87. The van der Waals surface area contributed by atoms with Gasteiger partial charge in [0.1, 0.15) is 0 Å². The number of amides is 1. The Kier molecular flexibility index (Phi) is 5.02. The molecule has 104 valence electrons. The number of carbonyl (C=O) groups excluding carboxylic acids is 1. The maximum Gasteiger partial charge on any atom is 0.275 e. The Morgan fingerprint density at radius 2 is 2.16 bits per heavy atom. The lowest BCUT2D eigenvalue weighted by atomic mass is 9.93. The maximum atomic E-state index is 11.2. The average Bonchev–Trinajstić information content (AvgIpc) is 2.30. The number of nitro benzene ring substituents is 1. The molecule has 0 heterocycles. The topological polar surface area (TPSA) is 98.3 Å². The summed E-state index contributed by atoms with van der Waals surface area (Å²) in [7, 11) is 0. The molecule has 0 saturated heterocycles. The molecule has 1 amide bonds. The number of hydrogen-bond donors (Lipinski definition) is 2. The molecule has 0 fully saturated rings. The molecule has 0 aliphatic rings. The van der Waals surface area contributed by atoms with Gasteiger partial charge in [0.15, 0.2) is 0 Å². The summed E-state index contributed by atoms with van der Waals surface area (Å²) in [5.74, 6) is -0.412. The van der Waals surface area contributed by atoms with Crippen LogP contribution in [0.1, 0.15) is 19.4 Å². The number of rotatable bonds is 6. The number of hydrogen-bond acceptors (Lipinski definition) is 4. The normalized spacial score (nSPS) is 11.3. The molecular weight excluding hydrogens is 314 g/mol. The Bertz CT molecular complexity index is 503. The summed E-state index contributed by atoms with van der Waals surface area (Å²) in [4.78, 5) is 21.6. The highest BCUT2D eigenvalue weighted by molar-refractivity contribution is 9.10. The monoisotopic (exact) mass is 329 g/mol. The fourth-order valence-electron chi connectivity index (χ4n) is 1.45. The number of primary amides is 1. The van der Waals surface area contributed by atoms with Gasteiger partial charge < -0.3 is 11.1 Å². The minimum absolute atomic E-state index is 0.0405. The van der Waals surface area contributed by atoms with Crippen molar-refractivity contribution in [3.05, 3.63) is 38.3 Å². The zero-order valence-electron chi connectivity index (χ0n) is 10.8. The van der Waals surface area contributed by atoms with Crippen molar-refractivity contribution in [1.82, 2.24) is 5.32 Å². The first-order chi connectivity index (χ1) is 8.74. The SMILES string of the molecule is CC(C)(CNCc1ccc(Br)cc1[N+](=O)[O-])C(N)=O. The predicted molar refractivity (Wildman–Crippen MR) is 75.5 cm³/mol. The van der Waals surface area contributed by atoms with Crippen LogP contribution in [0.5, 0.6) is 0 Å². The molecule has 0 aliphatic carbocycles. The molecule has 0 aromatic heterocycles. The Labute approximate surface area is 119 Å². The van der Waals surface area contributed by atoms with Crippen molar-refractivity contribution in [2.75, 3.05) is 6.54 Å². The molecule has 0 unspecified atom stereocenters. The third-order valence-electron chi connectivity index (χ3n) is 2.79. The number of carbonyl (C=O) groups is 1. The number of nitrogens with zero attached hydrogens (tertiary/aromatic N) is 1. The first kappa shape index (κ1) is 15.6. The number of nitrogens with two attached hydrogens (primary N) is 1. The molecule has 0 spiro atoms. The van der Waals surface area contributed by atoms with Gasteiger partial charge in [0.2, 0.25) is 5.91 Å². The van der Waals surface area contributed by atoms with Gasteiger partial charge in [-0.3, -0.25) is 14.9 Å². The van der Waals surface area contributed by atoms with Crippen molar-refractivity contribution in [1.29, 1.82) is 0 Å². The van der Waals surface area contributed by atoms with Crippen LogP contribution < -0.4 is 11.1 Å². The van der Waals surface area contributed by atoms with Gasteiger partial charge in [0, 0.05) is 29.2 Å². The van der Waals surface area contributed by atoms with Crippen LogP contribution in [-0.2, 0) is 11.3 Å². The van der Waals surface area contributed by atoms with E-state index in [1.165, 1.54) is 6.07 Å². The molecule has 6 nitrogen and oxygen atoms in total. The fraction of sp³-hybridized carbons (Fsp3) is 0.417. The Morgan fingerprint density at radius 1 is 1.53 bits per heavy atom. The minimum Gasteiger partial charge on any atom is -0.369 e. The van der Waals surface area contributed by atoms with Crippen LogP contribution in [0.4, 0.5) is 5.69 Å². The summed E-state index contributed by atoms with van der Waals surface area (Å²) in [6.45, 7) is 4.10. The molecule has 1 rings (SSSR count). The van der Waals surface area contributed by atoms with Crippen molar-refractivity contribution in [2.45, 2.75) is 20.4 Å². The van der Waals surface area contributed by atoms with E-state index >= 15 is 0 Å². The molecule has 7 heteroatoms. The molecule has 0 saturated carbocycles. The Hall–Kier alpha value is -1.47. The van der Waals surface area contributed by atoms with Crippen LogP contribution in [0.3, 0.4) is 0 Å². The molecule has 0 bridgehead atoms. The van der Waals surface area contributed by atoms with E-state index in [0.29, 0.717) is 23.1 Å². The maximum absolute atomic E-state index is 11.2. The third-order valence-corrected chi connectivity index (χ3v) is 3.29. The van der Waals surface area contributed by atoms with Crippen molar-refractivity contribution >= 4 is 27.5 Å². The van der Waals surface area contributed by atoms with Gasteiger partial charge in [-0.05, 0) is 26.0 Å². The molecule has 3 N–H and O–H groups in total. The third kappa shape index (κ3) is 4.29. The Morgan fingerprint density at radius 3 is 2.68 bits per heavy atom. The highest BCUT2D eigenvalue weighted by atomic mass is 79.9. The number of nitrogens with one attached hydrogen (secondary N) is 1. The standard InChI is InChI=1S/C12H16BrN3O3/c1-12(2,11(14)17)7-15-6-8-3-4-9(13)5-10(8)16(18)19/h3-5,15H,6-7H2,1-2H3,(H2,14,17). The van der Waals surface area contributed by atoms with Gasteiger partial charge in [-0.15, -0.1) is 0 Å². The highest BCUT2D eigenvalue weighted by Gasteiger charge is 2.24. The molecule has 0 radical (unpaired) electrons. The van der Waals surface area contributed by atoms with Crippen LogP contribution in [0.15, 0.2) is 22.7 Å². The van der Waals surface area contributed by atoms with E-state index < -0.39 is 16.2 Å². The summed E-state index contributed by atoms with van der Waals surface area (Å²) >= 11 is 3.20. The van der Waals surface area contributed by atoms with Crippen LogP contribution in [0.2, 0.25) is 0 Å². The van der Waals surface area contributed by atoms with E-state index in [1.807, 2.05) is 0 Å². The lowest BCUT2D eigenvalue weighted by Gasteiger charge is -2.20. The number of nitro groups is 1. The van der Waals surface area contributed by atoms with Gasteiger partial charge >= 0.3 is 0 Å². The van der Waals surface area contributed by atoms with Gasteiger partial charge in [0.25, 0.3) is 5.69 Å². The molecule has 0 atom stereocenters. The quantitative estimate of drug-likeness (QED) is 0.615. The van der Waals surface area contributed by atoms with Crippen molar-refractivity contribution in [3.63, 3.8) is 0 Å². The van der Waals surface area contributed by atoms with Crippen molar-refractivity contribution in [3.8, 4) is 0 Å². The molecule has 1 aromatic carbocycles. The van der Waals surface area contributed by atoms with Crippen LogP contribution in [0.25, 0.3) is 0 Å². The zero-order chi connectivity index (χ0) is 14.6. The summed E-state index contributed by atoms with van der Waals surface area (Å²) < 4.78 is 0.653. The molecule has 0 aliphatic heterocycles.